The van der Waals surface area contributed by atoms with E-state index in [4.69, 9.17) is 10.00 Å². The van der Waals surface area contributed by atoms with Gasteiger partial charge in [0.25, 0.3) is 0 Å². The third-order valence-corrected chi connectivity index (χ3v) is 4.99. The predicted molar refractivity (Wildman–Crippen MR) is 93.5 cm³/mol. The fourth-order valence-corrected chi connectivity index (χ4v) is 3.76. The summed E-state index contributed by atoms with van der Waals surface area (Å²) >= 11 is 0. The highest BCUT2D eigenvalue weighted by Crippen LogP contribution is 2.49. The van der Waals surface area contributed by atoms with Crippen LogP contribution in [0.1, 0.15) is 51.2 Å². The van der Waals surface area contributed by atoms with Gasteiger partial charge in [0.1, 0.15) is 11.4 Å². The zero-order valence-electron chi connectivity index (χ0n) is 14.1. The van der Waals surface area contributed by atoms with Crippen LogP contribution in [0.2, 0.25) is 0 Å². The summed E-state index contributed by atoms with van der Waals surface area (Å²) in [6, 6.07) is 9.70. The molecule has 2 heteroatoms. The number of hydrogen-bond donors (Lipinski definition) is 0. The number of fused-ring (bicyclic) bond motifs is 1. The highest BCUT2D eigenvalue weighted by atomic mass is 16.5. The van der Waals surface area contributed by atoms with Crippen LogP contribution in [0.25, 0.3) is 6.08 Å². The largest absolute Gasteiger partial charge is 0.483 e. The molecule has 1 atom stereocenters. The minimum Gasteiger partial charge on any atom is -0.483 e. The van der Waals surface area contributed by atoms with Gasteiger partial charge in [-0.2, -0.15) is 5.26 Å². The summed E-state index contributed by atoms with van der Waals surface area (Å²) in [5, 5.41) is 8.84. The van der Waals surface area contributed by atoms with Crippen LogP contribution in [0.4, 0.5) is 0 Å². The Bertz CT molecular complexity index is 728. The van der Waals surface area contributed by atoms with E-state index in [1.165, 1.54) is 18.4 Å². The summed E-state index contributed by atoms with van der Waals surface area (Å²) in [5.41, 5.74) is 3.19. The van der Waals surface area contributed by atoms with Crippen molar-refractivity contribution < 1.29 is 4.74 Å². The van der Waals surface area contributed by atoms with E-state index in [9.17, 15) is 0 Å². The molecule has 1 saturated carbocycles. The van der Waals surface area contributed by atoms with Gasteiger partial charge < -0.3 is 4.74 Å². The van der Waals surface area contributed by atoms with Gasteiger partial charge in [0.2, 0.25) is 0 Å². The van der Waals surface area contributed by atoms with Crippen LogP contribution in [0.5, 0.6) is 0 Å². The second-order valence-electron chi connectivity index (χ2n) is 7.29. The summed E-state index contributed by atoms with van der Waals surface area (Å²) in [7, 11) is 0. The van der Waals surface area contributed by atoms with Crippen molar-refractivity contribution in [2.24, 2.45) is 5.41 Å². The fourth-order valence-electron chi connectivity index (χ4n) is 3.76. The molecule has 1 fully saturated rings. The fraction of sp³-hybridized carbons (Fsp3) is 0.381. The van der Waals surface area contributed by atoms with E-state index in [-0.39, 0.29) is 11.0 Å². The molecule has 1 aromatic rings. The van der Waals surface area contributed by atoms with Crippen LogP contribution in [0.15, 0.2) is 53.8 Å². The standard InChI is InChI=1S/C21H23NO/c1-20(2)13-4-14-21(3)19(20)12-11-18(23-21)10-9-16-5-7-17(15-22)8-6-16/h5-12H,4,13-14H2,1-3H3/b10-9+. The molecule has 1 heterocycles. The molecule has 118 valence electrons. The second kappa shape index (κ2) is 5.74. The van der Waals surface area contributed by atoms with Gasteiger partial charge in [-0.15, -0.1) is 0 Å². The Kier molecular flexibility index (Phi) is 3.90. The highest BCUT2D eigenvalue weighted by molar-refractivity contribution is 5.54. The van der Waals surface area contributed by atoms with Gasteiger partial charge in [-0.05, 0) is 67.0 Å². The van der Waals surface area contributed by atoms with Crippen molar-refractivity contribution >= 4 is 6.08 Å². The maximum Gasteiger partial charge on any atom is 0.128 e. The summed E-state index contributed by atoms with van der Waals surface area (Å²) in [4.78, 5) is 0. The van der Waals surface area contributed by atoms with Gasteiger partial charge in [0, 0.05) is 0 Å². The third-order valence-electron chi connectivity index (χ3n) is 4.99. The van der Waals surface area contributed by atoms with Crippen LogP contribution in [-0.2, 0) is 4.74 Å². The molecule has 0 N–H and O–H groups in total. The Morgan fingerprint density at radius 1 is 1.04 bits per heavy atom. The topological polar surface area (TPSA) is 33.0 Å². The Labute approximate surface area is 138 Å². The lowest BCUT2D eigenvalue weighted by Crippen LogP contribution is -2.42. The molecule has 23 heavy (non-hydrogen) atoms. The highest BCUT2D eigenvalue weighted by Gasteiger charge is 2.44. The van der Waals surface area contributed by atoms with Crippen LogP contribution in [0.3, 0.4) is 0 Å². The Morgan fingerprint density at radius 3 is 2.48 bits per heavy atom. The number of rotatable bonds is 2. The van der Waals surface area contributed by atoms with E-state index in [1.54, 1.807) is 0 Å². The quantitative estimate of drug-likeness (QED) is 0.734. The van der Waals surface area contributed by atoms with Crippen molar-refractivity contribution in [3.05, 3.63) is 65.0 Å². The van der Waals surface area contributed by atoms with Crippen LogP contribution >= 0.6 is 0 Å². The first-order valence-electron chi connectivity index (χ1n) is 8.23. The smallest absolute Gasteiger partial charge is 0.128 e. The van der Waals surface area contributed by atoms with Crippen molar-refractivity contribution in [2.45, 2.75) is 45.6 Å². The van der Waals surface area contributed by atoms with E-state index < -0.39 is 0 Å². The average Bonchev–Trinajstić information content (AvgIpc) is 2.52. The zero-order chi connectivity index (χ0) is 16.5. The van der Waals surface area contributed by atoms with Gasteiger partial charge >= 0.3 is 0 Å². The molecular formula is C21H23NO. The molecule has 1 aliphatic carbocycles. The second-order valence-corrected chi connectivity index (χ2v) is 7.29. The molecule has 0 bridgehead atoms. The molecule has 2 nitrogen and oxygen atoms in total. The summed E-state index contributed by atoms with van der Waals surface area (Å²) < 4.78 is 6.33. The lowest BCUT2D eigenvalue weighted by Gasteiger charge is -2.47. The molecule has 2 aliphatic rings. The maximum absolute atomic E-state index is 8.84. The van der Waals surface area contributed by atoms with Crippen LogP contribution < -0.4 is 0 Å². The monoisotopic (exact) mass is 305 g/mol. The summed E-state index contributed by atoms with van der Waals surface area (Å²) in [6.07, 6.45) is 11.9. The van der Waals surface area contributed by atoms with Crippen molar-refractivity contribution in [1.29, 1.82) is 5.26 Å². The van der Waals surface area contributed by atoms with Crippen molar-refractivity contribution in [2.75, 3.05) is 0 Å². The molecule has 3 rings (SSSR count). The van der Waals surface area contributed by atoms with Gasteiger partial charge in [-0.1, -0.05) is 38.1 Å². The Hall–Kier alpha value is -2.27. The Morgan fingerprint density at radius 2 is 1.78 bits per heavy atom. The van der Waals surface area contributed by atoms with Crippen LogP contribution in [-0.4, -0.2) is 5.60 Å². The molecule has 0 spiro atoms. The number of nitrogens with zero attached hydrogens (tertiary/aromatic N) is 1. The Balaban J connectivity index is 1.82. The van der Waals surface area contributed by atoms with Crippen LogP contribution in [0, 0.1) is 16.7 Å². The molecule has 0 aromatic heterocycles. The van der Waals surface area contributed by atoms with Crippen molar-refractivity contribution in [3.8, 4) is 6.07 Å². The molecule has 0 radical (unpaired) electrons. The van der Waals surface area contributed by atoms with Gasteiger partial charge in [0.05, 0.1) is 11.6 Å². The van der Waals surface area contributed by atoms with Crippen molar-refractivity contribution in [1.82, 2.24) is 0 Å². The van der Waals surface area contributed by atoms with E-state index in [0.29, 0.717) is 5.56 Å². The lowest BCUT2D eigenvalue weighted by molar-refractivity contribution is 0.00705. The van der Waals surface area contributed by atoms with E-state index in [1.807, 2.05) is 36.4 Å². The lowest BCUT2D eigenvalue weighted by atomic mass is 9.65. The number of benzene rings is 1. The minimum absolute atomic E-state index is 0.180. The number of hydrogen-bond acceptors (Lipinski definition) is 2. The number of nitriles is 1. The normalized spacial score (nSPS) is 25.8. The average molecular weight is 305 g/mol. The van der Waals surface area contributed by atoms with E-state index in [2.05, 4.69) is 39.0 Å². The summed E-state index contributed by atoms with van der Waals surface area (Å²) in [6.45, 7) is 6.83. The molecule has 0 saturated heterocycles. The first-order chi connectivity index (χ1) is 10.9. The first kappa shape index (κ1) is 15.6. The minimum atomic E-state index is -0.180. The zero-order valence-corrected chi connectivity index (χ0v) is 14.1. The third kappa shape index (κ3) is 3.10. The molecule has 1 aromatic carbocycles. The number of ether oxygens (including phenoxy) is 1. The van der Waals surface area contributed by atoms with Crippen molar-refractivity contribution in [3.63, 3.8) is 0 Å². The molecule has 1 unspecified atom stereocenters. The van der Waals surface area contributed by atoms with Gasteiger partial charge in [-0.3, -0.25) is 0 Å². The number of allylic oxidation sites excluding steroid dienone is 3. The molecular weight excluding hydrogens is 282 g/mol. The predicted octanol–water partition coefficient (Wildman–Crippen LogP) is 5.38. The summed E-state index contributed by atoms with van der Waals surface area (Å²) in [5.74, 6) is 0.901. The van der Waals surface area contributed by atoms with Gasteiger partial charge in [-0.25, -0.2) is 0 Å². The van der Waals surface area contributed by atoms with E-state index in [0.717, 1.165) is 17.7 Å². The molecule has 1 aliphatic heterocycles. The van der Waals surface area contributed by atoms with Gasteiger partial charge in [0.15, 0.2) is 0 Å². The van der Waals surface area contributed by atoms with E-state index >= 15 is 0 Å². The SMILES string of the molecule is CC1(C)CCCC2(C)OC(/C=C/c3ccc(C#N)cc3)=CC=C12. The maximum atomic E-state index is 8.84. The first-order valence-corrected chi connectivity index (χ1v) is 8.23. The molecule has 0 amide bonds.